The van der Waals surface area contributed by atoms with Crippen LogP contribution in [0, 0.1) is 0 Å². The number of hydrogen-bond donors (Lipinski definition) is 1. The summed E-state index contributed by atoms with van der Waals surface area (Å²) in [6, 6.07) is 18.1. The van der Waals surface area contributed by atoms with E-state index in [4.69, 9.17) is 4.74 Å². The summed E-state index contributed by atoms with van der Waals surface area (Å²) in [5.74, 6) is 0.841. The van der Waals surface area contributed by atoms with Gasteiger partial charge in [0.05, 0.1) is 12.6 Å². The van der Waals surface area contributed by atoms with E-state index in [0.29, 0.717) is 5.56 Å². The third-order valence-electron chi connectivity index (χ3n) is 6.60. The zero-order valence-corrected chi connectivity index (χ0v) is 18.3. The Hall–Kier alpha value is -2.37. The summed E-state index contributed by atoms with van der Waals surface area (Å²) in [5.41, 5.74) is 2.06. The molecule has 0 bridgehead atoms. The predicted molar refractivity (Wildman–Crippen MR) is 122 cm³/mol. The number of rotatable bonds is 7. The molecule has 2 aromatic carbocycles. The van der Waals surface area contributed by atoms with Crippen LogP contribution in [-0.4, -0.2) is 65.7 Å². The molecule has 0 aromatic heterocycles. The monoisotopic (exact) mass is 422 g/mol. The van der Waals surface area contributed by atoms with E-state index in [1.165, 1.54) is 5.56 Å². The van der Waals surface area contributed by atoms with Crippen molar-refractivity contribution in [1.29, 1.82) is 0 Å². The molecular formula is C26H34N2O3. The van der Waals surface area contributed by atoms with Crippen molar-refractivity contribution in [2.45, 2.75) is 50.7 Å². The van der Waals surface area contributed by atoms with Gasteiger partial charge in [-0.2, -0.15) is 0 Å². The quantitative estimate of drug-likeness (QED) is 0.738. The first kappa shape index (κ1) is 21.8. The topological polar surface area (TPSA) is 53.0 Å². The van der Waals surface area contributed by atoms with Crippen LogP contribution in [0.1, 0.15) is 48.0 Å². The van der Waals surface area contributed by atoms with Crippen molar-refractivity contribution in [3.8, 4) is 5.75 Å². The fraction of sp³-hybridized carbons (Fsp3) is 0.500. The van der Waals surface area contributed by atoms with Crippen LogP contribution in [0.15, 0.2) is 54.6 Å². The van der Waals surface area contributed by atoms with E-state index >= 15 is 0 Å². The van der Waals surface area contributed by atoms with E-state index in [1.54, 1.807) is 0 Å². The van der Waals surface area contributed by atoms with Gasteiger partial charge in [0.15, 0.2) is 0 Å². The van der Waals surface area contributed by atoms with Crippen LogP contribution in [0.25, 0.3) is 0 Å². The second-order valence-corrected chi connectivity index (χ2v) is 8.75. The van der Waals surface area contributed by atoms with Crippen molar-refractivity contribution in [3.63, 3.8) is 0 Å². The van der Waals surface area contributed by atoms with Gasteiger partial charge in [0, 0.05) is 31.7 Å². The number of ether oxygens (including phenoxy) is 1. The second kappa shape index (κ2) is 10.8. The molecule has 0 spiro atoms. The molecule has 2 aromatic rings. The van der Waals surface area contributed by atoms with Gasteiger partial charge in [-0.05, 0) is 68.4 Å². The lowest BCUT2D eigenvalue weighted by molar-refractivity contribution is 0.0503. The lowest BCUT2D eigenvalue weighted by atomic mass is 10.0. The van der Waals surface area contributed by atoms with E-state index in [9.17, 15) is 9.90 Å². The van der Waals surface area contributed by atoms with Gasteiger partial charge < -0.3 is 19.6 Å². The molecule has 1 amide bonds. The Balaban J connectivity index is 1.24. The van der Waals surface area contributed by atoms with Crippen LogP contribution >= 0.6 is 0 Å². The number of nitrogens with zero attached hydrogens (tertiary/aromatic N) is 2. The lowest BCUT2D eigenvalue weighted by Gasteiger charge is -2.34. The maximum atomic E-state index is 12.8. The molecular weight excluding hydrogens is 388 g/mol. The highest BCUT2D eigenvalue weighted by Gasteiger charge is 2.27. The van der Waals surface area contributed by atoms with Crippen molar-refractivity contribution >= 4 is 5.91 Å². The minimum absolute atomic E-state index is 0.0111. The lowest BCUT2D eigenvalue weighted by Crippen LogP contribution is -2.45. The molecule has 0 radical (unpaired) electrons. The Kier molecular flexibility index (Phi) is 7.60. The standard InChI is InChI=1S/C26H34N2O3/c29-20-23-8-4-5-16-28(23)26(30)22-9-11-24(12-10-22)31-25-14-18-27(19-15-25)17-13-21-6-2-1-3-7-21/h1-3,6-7,9-12,23,25,29H,4-5,8,13-20H2/t23-/m0/s1. The Morgan fingerprint density at radius 2 is 1.68 bits per heavy atom. The van der Waals surface area contributed by atoms with E-state index in [0.717, 1.165) is 70.5 Å². The van der Waals surface area contributed by atoms with E-state index < -0.39 is 0 Å². The summed E-state index contributed by atoms with van der Waals surface area (Å²) in [4.78, 5) is 17.2. The van der Waals surface area contributed by atoms with E-state index in [-0.39, 0.29) is 24.7 Å². The highest BCUT2D eigenvalue weighted by molar-refractivity contribution is 5.94. The molecule has 0 unspecified atom stereocenters. The number of aliphatic hydroxyl groups excluding tert-OH is 1. The van der Waals surface area contributed by atoms with Crippen molar-refractivity contribution in [2.24, 2.45) is 0 Å². The Morgan fingerprint density at radius 3 is 2.39 bits per heavy atom. The SMILES string of the molecule is O=C(c1ccc(OC2CCN(CCc3ccccc3)CC2)cc1)N1CCCC[C@H]1CO. The molecule has 1 atom stereocenters. The van der Waals surface area contributed by atoms with Crippen molar-refractivity contribution in [1.82, 2.24) is 9.80 Å². The Labute approximate surface area is 185 Å². The van der Waals surface area contributed by atoms with Crippen LogP contribution in [-0.2, 0) is 6.42 Å². The fourth-order valence-electron chi connectivity index (χ4n) is 4.67. The van der Waals surface area contributed by atoms with Crippen LogP contribution in [0.3, 0.4) is 0 Å². The maximum Gasteiger partial charge on any atom is 0.254 e. The normalized spacial score (nSPS) is 20.5. The first-order valence-corrected chi connectivity index (χ1v) is 11.7. The summed E-state index contributed by atoms with van der Waals surface area (Å²) in [5, 5.41) is 9.58. The Bertz CT molecular complexity index is 816. The van der Waals surface area contributed by atoms with Crippen LogP contribution in [0.2, 0.25) is 0 Å². The summed E-state index contributed by atoms with van der Waals surface area (Å²) in [7, 11) is 0. The molecule has 0 saturated carbocycles. The molecule has 31 heavy (non-hydrogen) atoms. The van der Waals surface area contributed by atoms with Gasteiger partial charge in [0.25, 0.3) is 5.91 Å². The third kappa shape index (κ3) is 5.86. The van der Waals surface area contributed by atoms with Crippen LogP contribution in [0.4, 0.5) is 0 Å². The number of carbonyl (C=O) groups is 1. The smallest absolute Gasteiger partial charge is 0.254 e. The summed E-state index contributed by atoms with van der Waals surface area (Å²) >= 11 is 0. The summed E-state index contributed by atoms with van der Waals surface area (Å²) in [6.07, 6.45) is 6.35. The zero-order chi connectivity index (χ0) is 21.5. The molecule has 2 aliphatic rings. The zero-order valence-electron chi connectivity index (χ0n) is 18.3. The number of likely N-dealkylation sites (tertiary alicyclic amines) is 2. The molecule has 2 fully saturated rings. The fourth-order valence-corrected chi connectivity index (χ4v) is 4.67. The molecule has 2 heterocycles. The number of hydrogen-bond acceptors (Lipinski definition) is 4. The maximum absolute atomic E-state index is 12.8. The first-order valence-electron chi connectivity index (χ1n) is 11.7. The van der Waals surface area contributed by atoms with Crippen LogP contribution < -0.4 is 4.74 Å². The summed E-state index contributed by atoms with van der Waals surface area (Å²) in [6.45, 7) is 3.98. The Morgan fingerprint density at radius 1 is 0.935 bits per heavy atom. The van der Waals surface area contributed by atoms with E-state index in [2.05, 4.69) is 35.2 Å². The first-order chi connectivity index (χ1) is 15.2. The van der Waals surface area contributed by atoms with Gasteiger partial charge >= 0.3 is 0 Å². The van der Waals surface area contributed by atoms with Crippen molar-refractivity contribution < 1.29 is 14.6 Å². The van der Waals surface area contributed by atoms with Crippen molar-refractivity contribution in [2.75, 3.05) is 32.8 Å². The van der Waals surface area contributed by atoms with Crippen molar-refractivity contribution in [3.05, 3.63) is 65.7 Å². The van der Waals surface area contributed by atoms with Gasteiger partial charge in [-0.25, -0.2) is 0 Å². The van der Waals surface area contributed by atoms with Gasteiger partial charge in [-0.1, -0.05) is 30.3 Å². The van der Waals surface area contributed by atoms with Gasteiger partial charge in [-0.15, -0.1) is 0 Å². The number of piperidine rings is 2. The number of aliphatic hydroxyl groups is 1. The minimum atomic E-state index is -0.0516. The third-order valence-corrected chi connectivity index (χ3v) is 6.60. The summed E-state index contributed by atoms with van der Waals surface area (Å²) < 4.78 is 6.20. The predicted octanol–water partition coefficient (Wildman–Crippen LogP) is 3.76. The molecule has 166 valence electrons. The largest absolute Gasteiger partial charge is 0.490 e. The molecule has 5 heteroatoms. The molecule has 4 rings (SSSR count). The molecule has 2 aliphatic heterocycles. The average molecular weight is 423 g/mol. The van der Waals surface area contributed by atoms with Gasteiger partial charge in [-0.3, -0.25) is 4.79 Å². The highest BCUT2D eigenvalue weighted by atomic mass is 16.5. The number of amides is 1. The van der Waals surface area contributed by atoms with Gasteiger partial charge in [0.1, 0.15) is 11.9 Å². The highest BCUT2D eigenvalue weighted by Crippen LogP contribution is 2.23. The number of benzene rings is 2. The van der Waals surface area contributed by atoms with Crippen LogP contribution in [0.5, 0.6) is 5.75 Å². The molecule has 2 saturated heterocycles. The number of carbonyl (C=O) groups excluding carboxylic acids is 1. The molecule has 5 nitrogen and oxygen atoms in total. The van der Waals surface area contributed by atoms with E-state index in [1.807, 2.05) is 29.2 Å². The second-order valence-electron chi connectivity index (χ2n) is 8.75. The minimum Gasteiger partial charge on any atom is -0.490 e. The molecule has 1 N–H and O–H groups in total. The van der Waals surface area contributed by atoms with Gasteiger partial charge in [0.2, 0.25) is 0 Å². The average Bonchev–Trinajstić information content (AvgIpc) is 2.84. The molecule has 0 aliphatic carbocycles.